The highest BCUT2D eigenvalue weighted by Crippen LogP contribution is 2.18. The Labute approximate surface area is 275 Å². The average Bonchev–Trinajstić information content (AvgIpc) is 3.12. The van der Waals surface area contributed by atoms with Crippen LogP contribution in [0.4, 0.5) is 0 Å². The highest BCUT2D eigenvalue weighted by molar-refractivity contribution is 7.11. The monoisotopic (exact) mass is 603 g/mol. The Bertz CT molecular complexity index is 1720. The number of benzene rings is 5. The summed E-state index contributed by atoms with van der Waals surface area (Å²) in [6.45, 7) is 6.70. The predicted octanol–water partition coefficient (Wildman–Crippen LogP) is 8.44. The molecule has 0 saturated heterocycles. The molecule has 46 heavy (non-hydrogen) atoms. The maximum atomic E-state index is 5.56. The highest BCUT2D eigenvalue weighted by atomic mass is 16.6. The van der Waals surface area contributed by atoms with Gasteiger partial charge in [-0.1, -0.05) is 161 Å². The number of para-hydroxylation sites is 1. The van der Waals surface area contributed by atoms with Gasteiger partial charge in [-0.25, -0.2) is 0 Å². The van der Waals surface area contributed by atoms with Crippen LogP contribution in [0.25, 0.3) is 23.1 Å². The summed E-state index contributed by atoms with van der Waals surface area (Å²) in [6, 6.07) is 54.3. The lowest BCUT2D eigenvalue weighted by molar-refractivity contribution is -0.866. The van der Waals surface area contributed by atoms with Crippen molar-refractivity contribution in [2.75, 3.05) is 7.11 Å². The van der Waals surface area contributed by atoms with Crippen LogP contribution >= 0.6 is 0 Å². The van der Waals surface area contributed by atoms with E-state index in [1.54, 1.807) is 7.11 Å². The second-order valence-corrected chi connectivity index (χ2v) is 12.4. The molecule has 0 atom stereocenters. The summed E-state index contributed by atoms with van der Waals surface area (Å²) in [5, 5.41) is 1.16. The fourth-order valence-corrected chi connectivity index (χ4v) is 6.63. The standard InChI is InChI=1S/C22H24B.C21H22NO/c1-2-3-19-23(20-13-7-4-8-14-20,21-15-9-5-10-16-21)22-17-11-6-12-18-22;1-16(2)18-11-8-17(9-12-18)10-14-20-15-13-19-6-4-5-7-21(19)22(20)23-3/h4-18H,2-3,19H2,1H3;4-16H,1-3H3/q-1;+1/b;14-10+. The van der Waals surface area contributed by atoms with Crippen LogP contribution < -0.4 is 26.0 Å². The van der Waals surface area contributed by atoms with Gasteiger partial charge in [0.2, 0.25) is 0 Å². The summed E-state index contributed by atoms with van der Waals surface area (Å²) in [5.41, 5.74) is 8.95. The normalized spacial score (nSPS) is 11.4. The zero-order valence-electron chi connectivity index (χ0n) is 27.7. The van der Waals surface area contributed by atoms with Gasteiger partial charge in [-0.2, -0.15) is 22.7 Å². The van der Waals surface area contributed by atoms with Gasteiger partial charge in [-0.05, 0) is 35.3 Å². The fourth-order valence-electron chi connectivity index (χ4n) is 6.63. The van der Waals surface area contributed by atoms with E-state index in [1.807, 2.05) is 16.9 Å². The van der Waals surface area contributed by atoms with Crippen molar-refractivity contribution in [1.82, 2.24) is 0 Å². The molecule has 232 valence electrons. The molecule has 0 N–H and O–H groups in total. The van der Waals surface area contributed by atoms with Crippen LogP contribution in [-0.2, 0) is 0 Å². The Balaban J connectivity index is 0.000000181. The second kappa shape index (κ2) is 15.9. The Kier molecular flexibility index (Phi) is 11.2. The van der Waals surface area contributed by atoms with Gasteiger partial charge in [-0.3, -0.25) is 4.84 Å². The molecule has 6 rings (SSSR count). The largest absolute Gasteiger partial charge is 0.273 e. The van der Waals surface area contributed by atoms with Crippen LogP contribution in [0.1, 0.15) is 56.4 Å². The summed E-state index contributed by atoms with van der Waals surface area (Å²) >= 11 is 0. The number of hydrogen-bond acceptors (Lipinski definition) is 1. The minimum absolute atomic E-state index is 0.559. The Hall–Kier alpha value is -4.89. The first-order chi connectivity index (χ1) is 22.6. The maximum absolute atomic E-state index is 5.56. The second-order valence-electron chi connectivity index (χ2n) is 12.4. The average molecular weight is 604 g/mol. The van der Waals surface area contributed by atoms with Crippen molar-refractivity contribution < 1.29 is 9.57 Å². The summed E-state index contributed by atoms with van der Waals surface area (Å²) < 4.78 is 1.86. The van der Waals surface area contributed by atoms with Crippen LogP contribution in [0.2, 0.25) is 6.32 Å². The third-order valence-corrected chi connectivity index (χ3v) is 9.15. The highest BCUT2D eigenvalue weighted by Gasteiger charge is 2.28. The fraction of sp³-hybridized carbons (Fsp3) is 0.186. The van der Waals surface area contributed by atoms with Gasteiger partial charge in [-0.15, -0.1) is 0 Å². The minimum Gasteiger partial charge on any atom is -0.273 e. The molecule has 5 aromatic carbocycles. The van der Waals surface area contributed by atoms with Crippen LogP contribution in [0, 0.1) is 0 Å². The summed E-state index contributed by atoms with van der Waals surface area (Å²) in [5.74, 6) is 0.559. The number of nitrogens with zero attached hydrogens (tertiary/aromatic N) is 1. The lowest BCUT2D eigenvalue weighted by Gasteiger charge is -2.43. The van der Waals surface area contributed by atoms with E-state index < -0.39 is 6.15 Å². The molecule has 1 aromatic heterocycles. The van der Waals surface area contributed by atoms with E-state index in [0.29, 0.717) is 5.92 Å². The molecule has 3 heteroatoms. The van der Waals surface area contributed by atoms with Crippen LogP contribution in [0.5, 0.6) is 0 Å². The molecular formula is C43H46BNO. The van der Waals surface area contributed by atoms with Gasteiger partial charge in [0.05, 0.1) is 11.5 Å². The zero-order valence-corrected chi connectivity index (χ0v) is 27.7. The van der Waals surface area contributed by atoms with Crippen LogP contribution in [-0.4, -0.2) is 13.3 Å². The summed E-state index contributed by atoms with van der Waals surface area (Å²) in [6.07, 6.45) is 6.93. The van der Waals surface area contributed by atoms with E-state index in [2.05, 4.69) is 172 Å². The lowest BCUT2D eigenvalue weighted by atomic mass is 9.14. The summed E-state index contributed by atoms with van der Waals surface area (Å²) in [4.78, 5) is 5.56. The third kappa shape index (κ3) is 7.49. The number of hydrogen-bond donors (Lipinski definition) is 0. The molecule has 0 amide bonds. The molecule has 0 aliphatic rings. The smallest absolute Gasteiger partial charge is 0.265 e. The van der Waals surface area contributed by atoms with Gasteiger partial charge >= 0.3 is 0 Å². The number of aromatic nitrogens is 1. The van der Waals surface area contributed by atoms with E-state index in [9.17, 15) is 0 Å². The Morgan fingerprint density at radius 1 is 0.609 bits per heavy atom. The maximum Gasteiger partial charge on any atom is 0.265 e. The van der Waals surface area contributed by atoms with E-state index in [4.69, 9.17) is 4.84 Å². The van der Waals surface area contributed by atoms with Crippen molar-refractivity contribution >= 4 is 45.6 Å². The molecule has 0 unspecified atom stereocenters. The van der Waals surface area contributed by atoms with Crippen molar-refractivity contribution in [2.45, 2.75) is 45.9 Å². The van der Waals surface area contributed by atoms with Crippen molar-refractivity contribution in [3.05, 3.63) is 168 Å². The molecule has 0 aliphatic carbocycles. The molecular weight excluding hydrogens is 557 g/mol. The van der Waals surface area contributed by atoms with Gasteiger partial charge in [0.15, 0.2) is 0 Å². The topological polar surface area (TPSA) is 13.1 Å². The SMILES string of the molecule is CCCC[B-](c1ccccc1)(c1ccccc1)c1ccccc1.CO[n+]1c(/C=C/c2ccc(C(C)C)cc2)ccc2ccccc21. The van der Waals surface area contributed by atoms with Crippen LogP contribution in [0.15, 0.2) is 152 Å². The Morgan fingerprint density at radius 3 is 1.63 bits per heavy atom. The van der Waals surface area contributed by atoms with Crippen molar-refractivity contribution in [2.24, 2.45) is 0 Å². The molecule has 1 heterocycles. The first-order valence-corrected chi connectivity index (χ1v) is 16.7. The zero-order chi connectivity index (χ0) is 32.2. The molecule has 0 saturated carbocycles. The molecule has 0 bridgehead atoms. The van der Waals surface area contributed by atoms with Crippen molar-refractivity contribution in [1.29, 1.82) is 0 Å². The van der Waals surface area contributed by atoms with E-state index in [0.717, 1.165) is 16.6 Å². The summed E-state index contributed by atoms with van der Waals surface area (Å²) in [7, 11) is 1.70. The number of fused-ring (bicyclic) bond motifs is 1. The first kappa shape index (κ1) is 32.5. The van der Waals surface area contributed by atoms with E-state index >= 15 is 0 Å². The van der Waals surface area contributed by atoms with Crippen molar-refractivity contribution in [3.8, 4) is 0 Å². The Morgan fingerprint density at radius 2 is 1.13 bits per heavy atom. The molecule has 0 aliphatic heterocycles. The van der Waals surface area contributed by atoms with Gasteiger partial charge in [0.1, 0.15) is 7.11 Å². The van der Waals surface area contributed by atoms with Crippen molar-refractivity contribution in [3.63, 3.8) is 0 Å². The molecule has 0 fully saturated rings. The number of pyridine rings is 1. The molecule has 6 aromatic rings. The van der Waals surface area contributed by atoms with Gasteiger partial charge < -0.3 is 0 Å². The van der Waals surface area contributed by atoms with Crippen LogP contribution in [0.3, 0.4) is 0 Å². The molecule has 0 spiro atoms. The van der Waals surface area contributed by atoms with E-state index in [-0.39, 0.29) is 0 Å². The van der Waals surface area contributed by atoms with E-state index in [1.165, 1.54) is 46.7 Å². The molecule has 0 radical (unpaired) electrons. The van der Waals surface area contributed by atoms with Gasteiger partial charge in [0, 0.05) is 22.9 Å². The van der Waals surface area contributed by atoms with Gasteiger partial charge in [0.25, 0.3) is 11.2 Å². The quantitative estimate of drug-likeness (QED) is 0.113. The third-order valence-electron chi connectivity index (χ3n) is 9.15. The molecule has 2 nitrogen and oxygen atoms in total. The predicted molar refractivity (Wildman–Crippen MR) is 200 cm³/mol. The number of unbranched alkanes of at least 4 members (excludes halogenated alkanes) is 1. The lowest BCUT2D eigenvalue weighted by Crippen LogP contribution is -2.66. The minimum atomic E-state index is -0.913. The number of rotatable bonds is 10. The first-order valence-electron chi connectivity index (χ1n) is 16.7.